The molecular formula is C12H9Cl2N3S. The second-order valence-corrected chi connectivity index (χ2v) is 5.83. The summed E-state index contributed by atoms with van der Waals surface area (Å²) in [7, 11) is 0. The van der Waals surface area contributed by atoms with Crippen LogP contribution in [0.3, 0.4) is 0 Å². The molecule has 0 fully saturated rings. The van der Waals surface area contributed by atoms with Gasteiger partial charge in [0.05, 0.1) is 20.4 Å². The third kappa shape index (κ3) is 1.81. The number of aryl methyl sites for hydroxylation is 2. The number of hydrogen-bond donors (Lipinski definition) is 0. The maximum Gasteiger partial charge on any atom is 0.211 e. The summed E-state index contributed by atoms with van der Waals surface area (Å²) in [6.07, 6.45) is 0. The van der Waals surface area contributed by atoms with E-state index in [1.54, 1.807) is 12.1 Å². The number of thiazole rings is 1. The summed E-state index contributed by atoms with van der Waals surface area (Å²) in [5.74, 6) is 0. The Morgan fingerprint density at radius 3 is 2.50 bits per heavy atom. The SMILES string of the molecule is Cc1cc(C)n(-c2nc3c(Cl)ccc(Cl)c3s2)n1. The average Bonchev–Trinajstić information content (AvgIpc) is 2.88. The van der Waals surface area contributed by atoms with Crippen molar-refractivity contribution in [3.63, 3.8) is 0 Å². The van der Waals surface area contributed by atoms with Crippen molar-refractivity contribution in [3.05, 3.63) is 39.6 Å². The van der Waals surface area contributed by atoms with Gasteiger partial charge in [0.1, 0.15) is 5.52 Å². The van der Waals surface area contributed by atoms with Crippen molar-refractivity contribution in [2.45, 2.75) is 13.8 Å². The fourth-order valence-electron chi connectivity index (χ4n) is 1.85. The zero-order chi connectivity index (χ0) is 12.9. The Kier molecular flexibility index (Phi) is 2.81. The van der Waals surface area contributed by atoms with Gasteiger partial charge in [0.15, 0.2) is 0 Å². The maximum atomic E-state index is 6.16. The summed E-state index contributed by atoms with van der Waals surface area (Å²) in [5.41, 5.74) is 2.74. The lowest BCUT2D eigenvalue weighted by atomic mass is 10.3. The van der Waals surface area contributed by atoms with E-state index in [0.29, 0.717) is 10.0 Å². The highest BCUT2D eigenvalue weighted by atomic mass is 35.5. The molecule has 0 amide bonds. The van der Waals surface area contributed by atoms with Crippen LogP contribution in [0.25, 0.3) is 15.3 Å². The highest BCUT2D eigenvalue weighted by Crippen LogP contribution is 2.35. The van der Waals surface area contributed by atoms with Gasteiger partial charge in [-0.25, -0.2) is 9.67 Å². The van der Waals surface area contributed by atoms with Crippen LogP contribution in [0.2, 0.25) is 10.0 Å². The summed E-state index contributed by atoms with van der Waals surface area (Å²) >= 11 is 13.8. The van der Waals surface area contributed by atoms with Gasteiger partial charge in [0.25, 0.3) is 0 Å². The number of rotatable bonds is 1. The van der Waals surface area contributed by atoms with Crippen molar-refractivity contribution in [2.75, 3.05) is 0 Å². The first kappa shape index (κ1) is 12.0. The molecule has 3 aromatic rings. The molecule has 0 N–H and O–H groups in total. The monoisotopic (exact) mass is 297 g/mol. The Hall–Kier alpha value is -1.10. The van der Waals surface area contributed by atoms with E-state index in [1.807, 2.05) is 24.6 Å². The Balaban J connectivity index is 2.29. The molecule has 0 radical (unpaired) electrons. The van der Waals surface area contributed by atoms with Crippen molar-refractivity contribution in [2.24, 2.45) is 0 Å². The van der Waals surface area contributed by atoms with E-state index in [-0.39, 0.29) is 0 Å². The predicted octanol–water partition coefficient (Wildman–Crippen LogP) is 4.41. The topological polar surface area (TPSA) is 30.7 Å². The van der Waals surface area contributed by atoms with E-state index >= 15 is 0 Å². The molecule has 3 nitrogen and oxygen atoms in total. The lowest BCUT2D eigenvalue weighted by Crippen LogP contribution is -1.97. The van der Waals surface area contributed by atoms with Gasteiger partial charge in [-0.05, 0) is 32.0 Å². The quantitative estimate of drug-likeness (QED) is 0.666. The van der Waals surface area contributed by atoms with Gasteiger partial charge < -0.3 is 0 Å². The molecule has 1 aromatic carbocycles. The third-order valence-corrected chi connectivity index (χ3v) is 4.42. The van der Waals surface area contributed by atoms with Crippen LogP contribution >= 0.6 is 34.5 Å². The fraction of sp³-hybridized carbons (Fsp3) is 0.167. The van der Waals surface area contributed by atoms with Crippen LogP contribution < -0.4 is 0 Å². The Morgan fingerprint density at radius 1 is 1.17 bits per heavy atom. The largest absolute Gasteiger partial charge is 0.217 e. The fourth-order valence-corrected chi connectivity index (χ4v) is 3.38. The molecule has 0 spiro atoms. The summed E-state index contributed by atoms with van der Waals surface area (Å²) in [5, 5.41) is 6.47. The smallest absolute Gasteiger partial charge is 0.211 e. The summed E-state index contributed by atoms with van der Waals surface area (Å²) in [4.78, 5) is 4.52. The van der Waals surface area contributed by atoms with E-state index in [2.05, 4.69) is 10.1 Å². The Labute approximate surface area is 118 Å². The molecular weight excluding hydrogens is 289 g/mol. The van der Waals surface area contributed by atoms with Crippen molar-refractivity contribution in [1.29, 1.82) is 0 Å². The van der Waals surface area contributed by atoms with Crippen LogP contribution in [-0.4, -0.2) is 14.8 Å². The highest BCUT2D eigenvalue weighted by molar-refractivity contribution is 7.21. The Morgan fingerprint density at radius 2 is 1.89 bits per heavy atom. The van der Waals surface area contributed by atoms with Gasteiger partial charge >= 0.3 is 0 Å². The standard InChI is InChI=1S/C12H9Cl2N3S/c1-6-5-7(2)17(16-6)12-15-10-8(13)3-4-9(14)11(10)18-12/h3-5H,1-2H3. The first-order valence-electron chi connectivity index (χ1n) is 5.34. The first-order valence-corrected chi connectivity index (χ1v) is 6.91. The van der Waals surface area contributed by atoms with Crippen LogP contribution in [0.1, 0.15) is 11.4 Å². The van der Waals surface area contributed by atoms with Gasteiger partial charge in [-0.3, -0.25) is 0 Å². The van der Waals surface area contributed by atoms with Crippen molar-refractivity contribution in [3.8, 4) is 5.13 Å². The van der Waals surface area contributed by atoms with Crippen LogP contribution in [0.15, 0.2) is 18.2 Å². The highest BCUT2D eigenvalue weighted by Gasteiger charge is 2.13. The van der Waals surface area contributed by atoms with Crippen LogP contribution in [0, 0.1) is 13.8 Å². The molecule has 0 aliphatic carbocycles. The van der Waals surface area contributed by atoms with Crippen molar-refractivity contribution in [1.82, 2.24) is 14.8 Å². The maximum absolute atomic E-state index is 6.16. The van der Waals surface area contributed by atoms with Gasteiger partial charge in [0.2, 0.25) is 5.13 Å². The lowest BCUT2D eigenvalue weighted by Gasteiger charge is -1.96. The minimum atomic E-state index is 0.610. The number of aromatic nitrogens is 3. The summed E-state index contributed by atoms with van der Waals surface area (Å²) in [6, 6.07) is 5.56. The minimum Gasteiger partial charge on any atom is -0.217 e. The van der Waals surface area contributed by atoms with Gasteiger partial charge in [-0.1, -0.05) is 34.5 Å². The van der Waals surface area contributed by atoms with Gasteiger partial charge in [-0.2, -0.15) is 5.10 Å². The normalized spacial score (nSPS) is 11.3. The first-order chi connectivity index (χ1) is 8.56. The van der Waals surface area contributed by atoms with E-state index < -0.39 is 0 Å². The zero-order valence-corrected chi connectivity index (χ0v) is 12.1. The van der Waals surface area contributed by atoms with Crippen LogP contribution in [0.5, 0.6) is 0 Å². The molecule has 0 aliphatic heterocycles. The summed E-state index contributed by atoms with van der Waals surface area (Å²) < 4.78 is 2.71. The van der Waals surface area contributed by atoms with Crippen LogP contribution in [0.4, 0.5) is 0 Å². The molecule has 0 saturated heterocycles. The second-order valence-electron chi connectivity index (χ2n) is 4.04. The van der Waals surface area contributed by atoms with E-state index in [1.165, 1.54) is 11.3 Å². The second kappa shape index (κ2) is 4.23. The predicted molar refractivity (Wildman–Crippen MR) is 76.2 cm³/mol. The molecule has 2 aromatic heterocycles. The van der Waals surface area contributed by atoms with Crippen molar-refractivity contribution >= 4 is 44.8 Å². The van der Waals surface area contributed by atoms with Gasteiger partial charge in [0, 0.05) is 5.69 Å². The molecule has 18 heavy (non-hydrogen) atoms. The number of benzene rings is 1. The molecule has 0 saturated carbocycles. The van der Waals surface area contributed by atoms with E-state index in [9.17, 15) is 0 Å². The molecule has 0 aliphatic rings. The molecule has 3 rings (SSSR count). The minimum absolute atomic E-state index is 0.610. The molecule has 6 heteroatoms. The molecule has 0 atom stereocenters. The molecule has 92 valence electrons. The van der Waals surface area contributed by atoms with Crippen molar-refractivity contribution < 1.29 is 0 Å². The number of fused-ring (bicyclic) bond motifs is 1. The van der Waals surface area contributed by atoms with Crippen LogP contribution in [-0.2, 0) is 0 Å². The molecule has 0 unspecified atom stereocenters. The van der Waals surface area contributed by atoms with E-state index in [0.717, 1.165) is 26.7 Å². The average molecular weight is 298 g/mol. The lowest BCUT2D eigenvalue weighted by molar-refractivity contribution is 0.828. The number of nitrogens with zero attached hydrogens (tertiary/aromatic N) is 3. The third-order valence-electron chi connectivity index (χ3n) is 2.63. The van der Waals surface area contributed by atoms with E-state index in [4.69, 9.17) is 23.2 Å². The molecule has 2 heterocycles. The number of hydrogen-bond acceptors (Lipinski definition) is 3. The zero-order valence-electron chi connectivity index (χ0n) is 9.74. The van der Waals surface area contributed by atoms with Gasteiger partial charge in [-0.15, -0.1) is 0 Å². The summed E-state index contributed by atoms with van der Waals surface area (Å²) in [6.45, 7) is 3.95. The number of halogens is 2. The Bertz CT molecular complexity index is 706. The molecule has 0 bridgehead atoms.